The van der Waals surface area contributed by atoms with E-state index in [-0.39, 0.29) is 11.5 Å². The lowest BCUT2D eigenvalue weighted by molar-refractivity contribution is -0.0906. The molecule has 4 rings (SSSR count). The number of aromatic nitrogens is 1. The second-order valence-corrected chi connectivity index (χ2v) is 7.28. The highest BCUT2D eigenvalue weighted by molar-refractivity contribution is 7.10. The minimum atomic E-state index is -0.183. The first-order valence-corrected chi connectivity index (χ1v) is 8.92. The number of carbonyl (C=O) groups excluding carboxylic acids is 1. The van der Waals surface area contributed by atoms with Crippen molar-refractivity contribution in [2.45, 2.75) is 38.7 Å². The maximum atomic E-state index is 12.8. The van der Waals surface area contributed by atoms with E-state index < -0.39 is 0 Å². The van der Waals surface area contributed by atoms with Gasteiger partial charge >= 0.3 is 0 Å². The molecule has 1 spiro atoms. The maximum Gasteiger partial charge on any atom is 0.259 e. The van der Waals surface area contributed by atoms with Gasteiger partial charge in [0.2, 0.25) is 0 Å². The van der Waals surface area contributed by atoms with Crippen LogP contribution in [0.4, 0.5) is 0 Å². The SMILES string of the molecule is Cc1noc(C)c1C(=O)N1CCC2(CC1)OCCc1ccsc12. The van der Waals surface area contributed by atoms with Crippen LogP contribution in [0.3, 0.4) is 0 Å². The Morgan fingerprint density at radius 3 is 2.83 bits per heavy atom. The fourth-order valence-electron chi connectivity index (χ4n) is 3.74. The molecule has 2 aromatic rings. The highest BCUT2D eigenvalue weighted by atomic mass is 32.1. The van der Waals surface area contributed by atoms with Crippen LogP contribution in [0.5, 0.6) is 0 Å². The second kappa shape index (κ2) is 5.46. The first-order chi connectivity index (χ1) is 11.1. The van der Waals surface area contributed by atoms with E-state index in [1.54, 1.807) is 18.3 Å². The van der Waals surface area contributed by atoms with E-state index in [2.05, 4.69) is 16.6 Å². The Morgan fingerprint density at radius 2 is 2.13 bits per heavy atom. The number of aryl methyl sites for hydroxylation is 2. The van der Waals surface area contributed by atoms with E-state index in [1.807, 2.05) is 11.8 Å². The molecule has 0 aromatic carbocycles. The molecule has 1 amide bonds. The molecule has 2 aliphatic rings. The third-order valence-corrected chi connectivity index (χ3v) is 6.16. The molecule has 23 heavy (non-hydrogen) atoms. The number of fused-ring (bicyclic) bond motifs is 2. The van der Waals surface area contributed by atoms with E-state index in [4.69, 9.17) is 9.26 Å². The van der Waals surface area contributed by atoms with Gasteiger partial charge in [-0.05, 0) is 50.1 Å². The number of hydrogen-bond acceptors (Lipinski definition) is 5. The molecule has 1 saturated heterocycles. The van der Waals surface area contributed by atoms with Crippen molar-refractivity contribution in [1.29, 1.82) is 0 Å². The van der Waals surface area contributed by atoms with Crippen molar-refractivity contribution < 1.29 is 14.1 Å². The smallest absolute Gasteiger partial charge is 0.259 e. The monoisotopic (exact) mass is 332 g/mol. The molecule has 0 saturated carbocycles. The minimum absolute atomic E-state index is 0.0262. The Balaban J connectivity index is 1.53. The van der Waals surface area contributed by atoms with Crippen molar-refractivity contribution in [2.75, 3.05) is 19.7 Å². The number of thiophene rings is 1. The Bertz CT molecular complexity index is 721. The van der Waals surface area contributed by atoms with Crippen LogP contribution in [-0.2, 0) is 16.8 Å². The Morgan fingerprint density at radius 1 is 1.35 bits per heavy atom. The molecule has 0 atom stereocenters. The number of nitrogens with zero attached hydrogens (tertiary/aromatic N) is 2. The van der Waals surface area contributed by atoms with Gasteiger partial charge in [-0.1, -0.05) is 5.16 Å². The van der Waals surface area contributed by atoms with Gasteiger partial charge in [-0.25, -0.2) is 0 Å². The molecule has 0 bridgehead atoms. The predicted molar refractivity (Wildman–Crippen MR) is 86.8 cm³/mol. The molecule has 2 aliphatic heterocycles. The van der Waals surface area contributed by atoms with Gasteiger partial charge in [0.15, 0.2) is 0 Å². The van der Waals surface area contributed by atoms with Crippen molar-refractivity contribution >= 4 is 17.2 Å². The highest BCUT2D eigenvalue weighted by Gasteiger charge is 2.43. The summed E-state index contributed by atoms with van der Waals surface area (Å²) in [7, 11) is 0. The first-order valence-electron chi connectivity index (χ1n) is 8.04. The number of hydrogen-bond donors (Lipinski definition) is 0. The Hall–Kier alpha value is -1.66. The van der Waals surface area contributed by atoms with E-state index in [9.17, 15) is 4.79 Å². The van der Waals surface area contributed by atoms with Gasteiger partial charge < -0.3 is 14.2 Å². The van der Waals surface area contributed by atoms with Gasteiger partial charge in [-0.3, -0.25) is 4.79 Å². The van der Waals surface area contributed by atoms with Crippen molar-refractivity contribution in [2.24, 2.45) is 0 Å². The summed E-state index contributed by atoms with van der Waals surface area (Å²) in [6.07, 6.45) is 2.72. The summed E-state index contributed by atoms with van der Waals surface area (Å²) >= 11 is 1.79. The van der Waals surface area contributed by atoms with Crippen LogP contribution in [0, 0.1) is 13.8 Å². The average molecular weight is 332 g/mol. The minimum Gasteiger partial charge on any atom is -0.369 e. The maximum absolute atomic E-state index is 12.8. The van der Waals surface area contributed by atoms with Crippen LogP contribution in [-0.4, -0.2) is 35.7 Å². The zero-order valence-electron chi connectivity index (χ0n) is 13.4. The van der Waals surface area contributed by atoms with E-state index in [1.165, 1.54) is 10.4 Å². The predicted octanol–water partition coefficient (Wildman–Crippen LogP) is 3.06. The molecule has 1 fully saturated rings. The number of rotatable bonds is 1. The molecule has 6 heteroatoms. The molecule has 5 nitrogen and oxygen atoms in total. The molecule has 0 N–H and O–H groups in total. The average Bonchev–Trinajstić information content (AvgIpc) is 3.16. The van der Waals surface area contributed by atoms with Crippen LogP contribution in [0.15, 0.2) is 16.0 Å². The van der Waals surface area contributed by atoms with Crippen LogP contribution in [0.2, 0.25) is 0 Å². The summed E-state index contributed by atoms with van der Waals surface area (Å²) in [5.41, 5.74) is 2.52. The zero-order chi connectivity index (χ0) is 16.0. The van der Waals surface area contributed by atoms with Gasteiger partial charge in [0.25, 0.3) is 5.91 Å². The fourth-order valence-corrected chi connectivity index (χ4v) is 4.91. The lowest BCUT2D eigenvalue weighted by Gasteiger charge is -2.43. The van der Waals surface area contributed by atoms with Gasteiger partial charge in [0, 0.05) is 18.0 Å². The topological polar surface area (TPSA) is 55.6 Å². The molecule has 0 radical (unpaired) electrons. The van der Waals surface area contributed by atoms with Crippen LogP contribution in [0.1, 0.15) is 45.1 Å². The Labute approximate surface area is 139 Å². The summed E-state index contributed by atoms with van der Waals surface area (Å²) in [6, 6.07) is 2.21. The lowest BCUT2D eigenvalue weighted by atomic mass is 9.85. The number of likely N-dealkylation sites (tertiary alicyclic amines) is 1. The van der Waals surface area contributed by atoms with Crippen LogP contribution >= 0.6 is 11.3 Å². The summed E-state index contributed by atoms with van der Waals surface area (Å²) in [5.74, 6) is 0.626. The molecular weight excluding hydrogens is 312 g/mol. The van der Waals surface area contributed by atoms with E-state index in [0.29, 0.717) is 30.1 Å². The molecule has 2 aromatic heterocycles. The fraction of sp³-hybridized carbons (Fsp3) is 0.529. The molecule has 0 aliphatic carbocycles. The Kier molecular flexibility index (Phi) is 3.54. The first kappa shape index (κ1) is 14.9. The van der Waals surface area contributed by atoms with Crippen LogP contribution < -0.4 is 0 Å². The standard InChI is InChI=1S/C17H20N2O3S/c1-11-14(12(2)22-18-11)16(20)19-7-5-17(6-8-19)15-13(3-9-21-17)4-10-23-15/h4,10H,3,5-9H2,1-2H3. The largest absolute Gasteiger partial charge is 0.369 e. The van der Waals surface area contributed by atoms with E-state index in [0.717, 1.165) is 25.9 Å². The molecule has 0 unspecified atom stereocenters. The van der Waals surface area contributed by atoms with E-state index >= 15 is 0 Å². The highest BCUT2D eigenvalue weighted by Crippen LogP contribution is 2.44. The lowest BCUT2D eigenvalue weighted by Crippen LogP contribution is -2.48. The van der Waals surface area contributed by atoms with Crippen molar-refractivity contribution in [3.63, 3.8) is 0 Å². The van der Waals surface area contributed by atoms with Gasteiger partial charge in [-0.15, -0.1) is 11.3 Å². The van der Waals surface area contributed by atoms with Crippen LogP contribution in [0.25, 0.3) is 0 Å². The van der Waals surface area contributed by atoms with Crippen molar-refractivity contribution in [1.82, 2.24) is 10.1 Å². The van der Waals surface area contributed by atoms with Gasteiger partial charge in [-0.2, -0.15) is 0 Å². The number of piperidine rings is 1. The molecular formula is C17H20N2O3S. The second-order valence-electron chi connectivity index (χ2n) is 6.36. The number of carbonyl (C=O) groups is 1. The van der Waals surface area contributed by atoms with Gasteiger partial charge in [0.05, 0.1) is 12.3 Å². The summed E-state index contributed by atoms with van der Waals surface area (Å²) in [6.45, 7) is 5.81. The molecule has 122 valence electrons. The number of ether oxygens (including phenoxy) is 1. The van der Waals surface area contributed by atoms with Crippen molar-refractivity contribution in [3.05, 3.63) is 38.9 Å². The normalized spacial score (nSPS) is 19.8. The quantitative estimate of drug-likeness (QED) is 0.805. The van der Waals surface area contributed by atoms with Crippen molar-refractivity contribution in [3.8, 4) is 0 Å². The summed E-state index contributed by atoms with van der Waals surface area (Å²) in [4.78, 5) is 16.0. The summed E-state index contributed by atoms with van der Waals surface area (Å²) in [5, 5.41) is 6.05. The summed E-state index contributed by atoms with van der Waals surface area (Å²) < 4.78 is 11.3. The third kappa shape index (κ3) is 2.32. The molecule has 4 heterocycles. The third-order valence-electron chi connectivity index (χ3n) is 5.02. The number of amides is 1. The zero-order valence-corrected chi connectivity index (χ0v) is 14.2. The van der Waals surface area contributed by atoms with Gasteiger partial charge in [0.1, 0.15) is 16.9 Å².